The van der Waals surface area contributed by atoms with E-state index in [0.29, 0.717) is 25.9 Å². The van der Waals surface area contributed by atoms with Crippen molar-refractivity contribution in [1.82, 2.24) is 0 Å². The minimum Gasteiger partial charge on any atom is -0.466 e. The van der Waals surface area contributed by atoms with E-state index in [1.54, 1.807) is 6.92 Å². The first-order valence-electron chi connectivity index (χ1n) is 6.01. The van der Waals surface area contributed by atoms with Gasteiger partial charge in [0.2, 0.25) is 0 Å². The predicted molar refractivity (Wildman–Crippen MR) is 73.3 cm³/mol. The minimum absolute atomic E-state index is 0.145. The van der Waals surface area contributed by atoms with Crippen LogP contribution < -0.4 is 0 Å². The maximum Gasteiger partial charge on any atom is 0.305 e. The number of rotatable bonds is 7. The number of carbonyl (C=O) groups excluding carboxylic acids is 2. The molecule has 0 bridgehead atoms. The van der Waals surface area contributed by atoms with Crippen LogP contribution in [-0.4, -0.2) is 18.9 Å². The maximum absolute atomic E-state index is 11.2. The molecule has 0 heterocycles. The Bertz CT molecular complexity index is 404. The van der Waals surface area contributed by atoms with Crippen molar-refractivity contribution in [3.63, 3.8) is 0 Å². The van der Waals surface area contributed by atoms with E-state index in [2.05, 4.69) is 15.9 Å². The second kappa shape index (κ2) is 8.03. The molecule has 98 valence electrons. The molecule has 1 rings (SSSR count). The summed E-state index contributed by atoms with van der Waals surface area (Å²) in [5.74, 6) is -0.385. The summed E-state index contributed by atoms with van der Waals surface area (Å²) in [6.45, 7) is 2.16. The number of aldehydes is 1. The number of halogens is 1. The van der Waals surface area contributed by atoms with Crippen LogP contribution in [0.2, 0.25) is 0 Å². The predicted octanol–water partition coefficient (Wildman–Crippen LogP) is 3.15. The summed E-state index contributed by atoms with van der Waals surface area (Å²) in [7, 11) is 0. The van der Waals surface area contributed by atoms with Crippen molar-refractivity contribution in [2.24, 2.45) is 5.92 Å². The number of ether oxygens (including phenoxy) is 1. The number of esters is 1. The van der Waals surface area contributed by atoms with E-state index in [4.69, 9.17) is 4.74 Å². The molecule has 0 spiro atoms. The molecule has 0 aromatic heterocycles. The van der Waals surface area contributed by atoms with Gasteiger partial charge in [0.05, 0.1) is 6.61 Å². The topological polar surface area (TPSA) is 43.4 Å². The molecule has 1 aromatic carbocycles. The zero-order chi connectivity index (χ0) is 13.4. The standard InChI is InChI=1S/C14H17BrO3/c1-2-18-14(17)8-7-11(10-16)9-12-5-3-4-6-13(12)15/h3-6,10-11H,2,7-9H2,1H3. The van der Waals surface area contributed by atoms with E-state index < -0.39 is 0 Å². The molecule has 1 atom stereocenters. The first kappa shape index (κ1) is 14.9. The molecule has 0 aliphatic carbocycles. The van der Waals surface area contributed by atoms with Gasteiger partial charge in [-0.25, -0.2) is 0 Å². The zero-order valence-corrected chi connectivity index (χ0v) is 12.0. The summed E-state index contributed by atoms with van der Waals surface area (Å²) in [6, 6.07) is 7.79. The van der Waals surface area contributed by atoms with Gasteiger partial charge in [0.25, 0.3) is 0 Å². The Morgan fingerprint density at radius 1 is 1.44 bits per heavy atom. The second-order valence-corrected chi connectivity index (χ2v) is 4.89. The average molecular weight is 313 g/mol. The van der Waals surface area contributed by atoms with Crippen LogP contribution in [0.3, 0.4) is 0 Å². The van der Waals surface area contributed by atoms with E-state index in [0.717, 1.165) is 16.3 Å². The number of hydrogen-bond acceptors (Lipinski definition) is 3. The van der Waals surface area contributed by atoms with Gasteiger partial charge in [-0.2, -0.15) is 0 Å². The van der Waals surface area contributed by atoms with Crippen LogP contribution in [0.25, 0.3) is 0 Å². The molecular formula is C14H17BrO3. The summed E-state index contributed by atoms with van der Waals surface area (Å²) < 4.78 is 5.84. The van der Waals surface area contributed by atoms with Crippen molar-refractivity contribution >= 4 is 28.2 Å². The lowest BCUT2D eigenvalue weighted by Gasteiger charge is -2.11. The van der Waals surface area contributed by atoms with E-state index in [1.807, 2.05) is 24.3 Å². The summed E-state index contributed by atoms with van der Waals surface area (Å²) in [5.41, 5.74) is 1.08. The lowest BCUT2D eigenvalue weighted by molar-refractivity contribution is -0.143. The van der Waals surface area contributed by atoms with Crippen LogP contribution >= 0.6 is 15.9 Å². The van der Waals surface area contributed by atoms with Gasteiger partial charge < -0.3 is 9.53 Å². The molecule has 0 saturated carbocycles. The first-order valence-corrected chi connectivity index (χ1v) is 6.81. The highest BCUT2D eigenvalue weighted by Crippen LogP contribution is 2.20. The Kier molecular flexibility index (Phi) is 6.65. The lowest BCUT2D eigenvalue weighted by Crippen LogP contribution is -2.11. The van der Waals surface area contributed by atoms with Crippen LogP contribution in [-0.2, 0) is 20.7 Å². The summed E-state index contributed by atoms with van der Waals surface area (Å²) >= 11 is 3.45. The highest BCUT2D eigenvalue weighted by atomic mass is 79.9. The Morgan fingerprint density at radius 3 is 2.78 bits per heavy atom. The van der Waals surface area contributed by atoms with Crippen LogP contribution in [0, 0.1) is 5.92 Å². The largest absolute Gasteiger partial charge is 0.466 e. The highest BCUT2D eigenvalue weighted by molar-refractivity contribution is 9.10. The van der Waals surface area contributed by atoms with Gasteiger partial charge >= 0.3 is 5.97 Å². The van der Waals surface area contributed by atoms with Crippen LogP contribution in [0.4, 0.5) is 0 Å². The Labute approximate surface area is 116 Å². The normalized spacial score (nSPS) is 11.9. The van der Waals surface area contributed by atoms with Crippen molar-refractivity contribution in [3.05, 3.63) is 34.3 Å². The van der Waals surface area contributed by atoms with E-state index in [9.17, 15) is 9.59 Å². The van der Waals surface area contributed by atoms with Crippen molar-refractivity contribution in [2.75, 3.05) is 6.61 Å². The molecule has 0 aliphatic heterocycles. The van der Waals surface area contributed by atoms with Gasteiger partial charge in [-0.1, -0.05) is 34.1 Å². The summed E-state index contributed by atoms with van der Waals surface area (Å²) in [4.78, 5) is 22.3. The SMILES string of the molecule is CCOC(=O)CCC(C=O)Cc1ccccc1Br. The van der Waals surface area contributed by atoms with E-state index in [1.165, 1.54) is 0 Å². The molecule has 0 amide bonds. The van der Waals surface area contributed by atoms with Gasteiger partial charge in [0.15, 0.2) is 0 Å². The van der Waals surface area contributed by atoms with Crippen LogP contribution in [0.1, 0.15) is 25.3 Å². The Morgan fingerprint density at radius 2 is 2.17 bits per heavy atom. The first-order chi connectivity index (χ1) is 8.67. The third-order valence-corrected chi connectivity index (χ3v) is 3.43. The number of hydrogen-bond donors (Lipinski definition) is 0. The molecule has 0 aliphatic rings. The molecule has 1 aromatic rings. The van der Waals surface area contributed by atoms with Crippen LogP contribution in [0.15, 0.2) is 28.7 Å². The molecule has 3 nitrogen and oxygen atoms in total. The zero-order valence-electron chi connectivity index (χ0n) is 10.4. The Balaban J connectivity index is 2.50. The van der Waals surface area contributed by atoms with Crippen molar-refractivity contribution in [1.29, 1.82) is 0 Å². The van der Waals surface area contributed by atoms with Gasteiger partial charge in [-0.3, -0.25) is 4.79 Å². The third kappa shape index (κ3) is 5.00. The summed E-state index contributed by atoms with van der Waals surface area (Å²) in [6.07, 6.45) is 2.38. The average Bonchev–Trinajstić information content (AvgIpc) is 2.37. The molecule has 0 fully saturated rings. The van der Waals surface area contributed by atoms with Gasteiger partial charge in [-0.05, 0) is 31.4 Å². The fourth-order valence-corrected chi connectivity index (χ4v) is 2.15. The van der Waals surface area contributed by atoms with E-state index >= 15 is 0 Å². The van der Waals surface area contributed by atoms with Crippen LogP contribution in [0.5, 0.6) is 0 Å². The van der Waals surface area contributed by atoms with E-state index in [-0.39, 0.29) is 11.9 Å². The molecule has 0 saturated heterocycles. The summed E-state index contributed by atoms with van der Waals surface area (Å²) in [5, 5.41) is 0. The minimum atomic E-state index is -0.239. The Hall–Kier alpha value is -1.16. The molecular weight excluding hydrogens is 296 g/mol. The molecule has 4 heteroatoms. The van der Waals surface area contributed by atoms with Crippen molar-refractivity contribution < 1.29 is 14.3 Å². The molecule has 18 heavy (non-hydrogen) atoms. The maximum atomic E-state index is 11.2. The molecule has 0 radical (unpaired) electrons. The van der Waals surface area contributed by atoms with Crippen molar-refractivity contribution in [3.8, 4) is 0 Å². The monoisotopic (exact) mass is 312 g/mol. The van der Waals surface area contributed by atoms with Gasteiger partial charge in [0, 0.05) is 16.8 Å². The highest BCUT2D eigenvalue weighted by Gasteiger charge is 2.13. The fourth-order valence-electron chi connectivity index (χ4n) is 1.70. The number of benzene rings is 1. The fraction of sp³-hybridized carbons (Fsp3) is 0.429. The van der Waals surface area contributed by atoms with Crippen molar-refractivity contribution in [2.45, 2.75) is 26.2 Å². The van der Waals surface area contributed by atoms with Gasteiger partial charge in [0.1, 0.15) is 6.29 Å². The lowest BCUT2D eigenvalue weighted by atomic mass is 9.96. The van der Waals surface area contributed by atoms with Gasteiger partial charge in [-0.15, -0.1) is 0 Å². The molecule has 1 unspecified atom stereocenters. The smallest absolute Gasteiger partial charge is 0.305 e. The quantitative estimate of drug-likeness (QED) is 0.574. The second-order valence-electron chi connectivity index (χ2n) is 4.04. The third-order valence-electron chi connectivity index (χ3n) is 2.66. The molecule has 0 N–H and O–H groups in total. The number of carbonyl (C=O) groups is 2.